The molecule has 2 aromatic rings. The van der Waals surface area contributed by atoms with Crippen molar-refractivity contribution in [3.05, 3.63) is 35.9 Å². The molecule has 1 heterocycles. The number of anilines is 1. The minimum Gasteiger partial charge on any atom is -0.462 e. The molecule has 0 aliphatic heterocycles. The first kappa shape index (κ1) is 10.4. The van der Waals surface area contributed by atoms with Crippen molar-refractivity contribution in [1.82, 2.24) is 4.98 Å². The number of pyridine rings is 1. The number of nitrogen functional groups attached to an aromatic ring is 1. The summed E-state index contributed by atoms with van der Waals surface area (Å²) in [5.74, 6) is -0.0467. The van der Waals surface area contributed by atoms with Gasteiger partial charge < -0.3 is 10.5 Å². The molecule has 4 nitrogen and oxygen atoms in total. The molecular formula is C12H12N2O2. The SMILES string of the molecule is CCOC(=O)c1cc(N)nc2ccccc12. The molecule has 0 fully saturated rings. The molecule has 0 aliphatic carbocycles. The molecule has 1 aromatic carbocycles. The first-order chi connectivity index (χ1) is 7.72. The lowest BCUT2D eigenvalue weighted by molar-refractivity contribution is 0.0528. The zero-order valence-corrected chi connectivity index (χ0v) is 8.93. The molecule has 2 N–H and O–H groups in total. The fourth-order valence-corrected chi connectivity index (χ4v) is 1.57. The Hall–Kier alpha value is -2.10. The predicted molar refractivity (Wildman–Crippen MR) is 62.1 cm³/mol. The Morgan fingerprint density at radius 1 is 1.44 bits per heavy atom. The molecule has 0 unspecified atom stereocenters. The average molecular weight is 216 g/mol. The first-order valence-corrected chi connectivity index (χ1v) is 5.04. The molecule has 0 atom stereocenters. The molecule has 82 valence electrons. The number of carbonyl (C=O) groups is 1. The van der Waals surface area contributed by atoms with Crippen molar-refractivity contribution < 1.29 is 9.53 Å². The Bertz CT molecular complexity index is 538. The molecule has 4 heteroatoms. The number of rotatable bonds is 2. The number of benzene rings is 1. The van der Waals surface area contributed by atoms with Crippen LogP contribution in [-0.2, 0) is 4.74 Å². The third kappa shape index (κ3) is 1.82. The van der Waals surface area contributed by atoms with E-state index >= 15 is 0 Å². The highest BCUT2D eigenvalue weighted by molar-refractivity contribution is 6.04. The van der Waals surface area contributed by atoms with Crippen molar-refractivity contribution in [2.45, 2.75) is 6.92 Å². The summed E-state index contributed by atoms with van der Waals surface area (Å²) in [6.07, 6.45) is 0. The van der Waals surface area contributed by atoms with Crippen LogP contribution in [0.2, 0.25) is 0 Å². The molecule has 0 amide bonds. The van der Waals surface area contributed by atoms with Crippen LogP contribution >= 0.6 is 0 Å². The van der Waals surface area contributed by atoms with Gasteiger partial charge in [0.25, 0.3) is 0 Å². The summed E-state index contributed by atoms with van der Waals surface area (Å²) in [4.78, 5) is 15.9. The van der Waals surface area contributed by atoms with Gasteiger partial charge >= 0.3 is 5.97 Å². The van der Waals surface area contributed by atoms with E-state index in [1.54, 1.807) is 13.0 Å². The Balaban J connectivity index is 2.63. The minimum absolute atomic E-state index is 0.321. The average Bonchev–Trinajstić information content (AvgIpc) is 2.28. The van der Waals surface area contributed by atoms with Crippen LogP contribution in [0, 0.1) is 0 Å². The largest absolute Gasteiger partial charge is 0.462 e. The quantitative estimate of drug-likeness (QED) is 0.780. The molecule has 16 heavy (non-hydrogen) atoms. The maximum absolute atomic E-state index is 11.7. The second-order valence-corrected chi connectivity index (χ2v) is 3.33. The Morgan fingerprint density at radius 2 is 2.19 bits per heavy atom. The van der Waals surface area contributed by atoms with Crippen LogP contribution in [0.25, 0.3) is 10.9 Å². The minimum atomic E-state index is -0.368. The van der Waals surface area contributed by atoms with Gasteiger partial charge in [0.05, 0.1) is 17.7 Å². The van der Waals surface area contributed by atoms with E-state index < -0.39 is 0 Å². The number of aromatic nitrogens is 1. The van der Waals surface area contributed by atoms with Gasteiger partial charge in [0, 0.05) is 5.39 Å². The van der Waals surface area contributed by atoms with Gasteiger partial charge in [0.1, 0.15) is 5.82 Å². The highest BCUT2D eigenvalue weighted by Gasteiger charge is 2.12. The van der Waals surface area contributed by atoms with E-state index in [2.05, 4.69) is 4.98 Å². The van der Waals surface area contributed by atoms with Crippen molar-refractivity contribution >= 4 is 22.7 Å². The maximum Gasteiger partial charge on any atom is 0.338 e. The summed E-state index contributed by atoms with van der Waals surface area (Å²) in [6, 6.07) is 8.88. The van der Waals surface area contributed by atoms with Crippen LogP contribution in [0.4, 0.5) is 5.82 Å². The molecule has 0 radical (unpaired) electrons. The fourth-order valence-electron chi connectivity index (χ4n) is 1.57. The normalized spacial score (nSPS) is 10.3. The third-order valence-electron chi connectivity index (χ3n) is 2.23. The number of para-hydroxylation sites is 1. The molecule has 0 aliphatic rings. The number of hydrogen-bond acceptors (Lipinski definition) is 4. The second kappa shape index (κ2) is 4.18. The molecule has 0 bridgehead atoms. The summed E-state index contributed by atoms with van der Waals surface area (Å²) in [5, 5.41) is 0.759. The Labute approximate surface area is 93.0 Å². The highest BCUT2D eigenvalue weighted by Crippen LogP contribution is 2.20. The Kier molecular flexibility index (Phi) is 2.72. The molecule has 1 aromatic heterocycles. The van der Waals surface area contributed by atoms with Crippen LogP contribution in [-0.4, -0.2) is 17.6 Å². The van der Waals surface area contributed by atoms with Crippen LogP contribution in [0.15, 0.2) is 30.3 Å². The molecule has 0 saturated heterocycles. The van der Waals surface area contributed by atoms with Gasteiger partial charge in [0.15, 0.2) is 0 Å². The van der Waals surface area contributed by atoms with E-state index in [9.17, 15) is 4.79 Å². The van der Waals surface area contributed by atoms with E-state index in [1.165, 1.54) is 0 Å². The van der Waals surface area contributed by atoms with Crippen LogP contribution in [0.1, 0.15) is 17.3 Å². The number of carbonyl (C=O) groups excluding carboxylic acids is 1. The first-order valence-electron chi connectivity index (χ1n) is 5.04. The fraction of sp³-hybridized carbons (Fsp3) is 0.167. The topological polar surface area (TPSA) is 65.2 Å². The van der Waals surface area contributed by atoms with E-state index in [0.717, 1.165) is 5.39 Å². The summed E-state index contributed by atoms with van der Waals surface area (Å²) in [6.45, 7) is 2.11. The van der Waals surface area contributed by atoms with Crippen LogP contribution in [0.5, 0.6) is 0 Å². The number of hydrogen-bond donors (Lipinski definition) is 1. The third-order valence-corrected chi connectivity index (χ3v) is 2.23. The van der Waals surface area contributed by atoms with Crippen molar-refractivity contribution in [1.29, 1.82) is 0 Å². The maximum atomic E-state index is 11.7. The van der Waals surface area contributed by atoms with Crippen molar-refractivity contribution in [2.75, 3.05) is 12.3 Å². The molecular weight excluding hydrogens is 204 g/mol. The van der Waals surface area contributed by atoms with Crippen molar-refractivity contribution in [3.63, 3.8) is 0 Å². The number of esters is 1. The zero-order valence-electron chi connectivity index (χ0n) is 8.93. The number of nitrogens with two attached hydrogens (primary N) is 1. The number of ether oxygens (including phenoxy) is 1. The van der Waals surface area contributed by atoms with Crippen LogP contribution in [0.3, 0.4) is 0 Å². The molecule has 2 rings (SSSR count). The number of fused-ring (bicyclic) bond motifs is 1. The van der Waals surface area contributed by atoms with Gasteiger partial charge in [-0.05, 0) is 19.1 Å². The van der Waals surface area contributed by atoms with Gasteiger partial charge in [-0.3, -0.25) is 0 Å². The smallest absolute Gasteiger partial charge is 0.338 e. The monoisotopic (exact) mass is 216 g/mol. The van der Waals surface area contributed by atoms with Crippen molar-refractivity contribution in [3.8, 4) is 0 Å². The lowest BCUT2D eigenvalue weighted by Gasteiger charge is -2.06. The summed E-state index contributed by atoms with van der Waals surface area (Å²) >= 11 is 0. The van der Waals surface area contributed by atoms with Gasteiger partial charge in [-0.1, -0.05) is 18.2 Å². The van der Waals surface area contributed by atoms with Gasteiger partial charge in [0.2, 0.25) is 0 Å². The molecule has 0 spiro atoms. The highest BCUT2D eigenvalue weighted by atomic mass is 16.5. The van der Waals surface area contributed by atoms with E-state index in [4.69, 9.17) is 10.5 Å². The standard InChI is InChI=1S/C12H12N2O2/c1-2-16-12(15)9-7-11(13)14-10-6-4-3-5-8(9)10/h3-7H,2H2,1H3,(H2,13,14). The van der Waals surface area contributed by atoms with Gasteiger partial charge in [-0.25, -0.2) is 9.78 Å². The summed E-state index contributed by atoms with van der Waals surface area (Å²) in [5.41, 5.74) is 6.80. The molecule has 0 saturated carbocycles. The lowest BCUT2D eigenvalue weighted by Crippen LogP contribution is -2.07. The summed E-state index contributed by atoms with van der Waals surface area (Å²) in [7, 11) is 0. The van der Waals surface area contributed by atoms with Gasteiger partial charge in [-0.2, -0.15) is 0 Å². The van der Waals surface area contributed by atoms with E-state index in [0.29, 0.717) is 23.5 Å². The predicted octanol–water partition coefficient (Wildman–Crippen LogP) is 1.99. The Morgan fingerprint density at radius 3 is 2.94 bits per heavy atom. The second-order valence-electron chi connectivity index (χ2n) is 3.33. The summed E-state index contributed by atoms with van der Waals surface area (Å²) < 4.78 is 4.97. The van der Waals surface area contributed by atoms with Crippen molar-refractivity contribution in [2.24, 2.45) is 0 Å². The number of nitrogens with zero attached hydrogens (tertiary/aromatic N) is 1. The van der Waals surface area contributed by atoms with Crippen LogP contribution < -0.4 is 5.73 Å². The van der Waals surface area contributed by atoms with E-state index in [1.807, 2.05) is 24.3 Å². The van der Waals surface area contributed by atoms with E-state index in [-0.39, 0.29) is 5.97 Å². The lowest BCUT2D eigenvalue weighted by atomic mass is 10.1. The van der Waals surface area contributed by atoms with Gasteiger partial charge in [-0.15, -0.1) is 0 Å². The zero-order chi connectivity index (χ0) is 11.5.